The number of rotatable bonds is 3. The monoisotopic (exact) mass is 251 g/mol. The van der Waals surface area contributed by atoms with E-state index in [2.05, 4.69) is 10.6 Å². The summed E-state index contributed by atoms with van der Waals surface area (Å²) in [5, 5.41) is 5.74. The Labute approximate surface area is 104 Å². The number of hydrogen-bond acceptors (Lipinski definition) is 3. The molecule has 1 saturated heterocycles. The Bertz CT molecular complexity index is 484. The van der Waals surface area contributed by atoms with E-state index in [-0.39, 0.29) is 17.4 Å². The first-order chi connectivity index (χ1) is 8.58. The van der Waals surface area contributed by atoms with Crippen LogP contribution in [-0.4, -0.2) is 24.9 Å². The zero-order valence-electron chi connectivity index (χ0n) is 9.70. The molecule has 0 spiro atoms. The SMILES string of the molecule is NC(=O)c1cc(NC(=O)C2CCNC2)ccc1F. The van der Waals surface area contributed by atoms with E-state index < -0.39 is 11.7 Å². The molecule has 1 heterocycles. The molecule has 0 bridgehead atoms. The van der Waals surface area contributed by atoms with E-state index in [1.807, 2.05) is 0 Å². The van der Waals surface area contributed by atoms with Crippen molar-refractivity contribution in [1.29, 1.82) is 0 Å². The van der Waals surface area contributed by atoms with Crippen molar-refractivity contribution in [2.24, 2.45) is 11.7 Å². The fourth-order valence-corrected chi connectivity index (χ4v) is 1.91. The van der Waals surface area contributed by atoms with Gasteiger partial charge in [-0.15, -0.1) is 0 Å². The molecule has 0 aliphatic carbocycles. The molecule has 1 aliphatic rings. The molecule has 2 amide bonds. The Morgan fingerprint density at radius 1 is 1.44 bits per heavy atom. The van der Waals surface area contributed by atoms with Gasteiger partial charge in [-0.1, -0.05) is 0 Å². The molecule has 5 nitrogen and oxygen atoms in total. The number of hydrogen-bond donors (Lipinski definition) is 3. The maximum atomic E-state index is 13.2. The molecule has 1 atom stereocenters. The van der Waals surface area contributed by atoms with Crippen molar-refractivity contribution in [3.63, 3.8) is 0 Å². The van der Waals surface area contributed by atoms with Crippen molar-refractivity contribution in [2.45, 2.75) is 6.42 Å². The first-order valence-corrected chi connectivity index (χ1v) is 5.69. The van der Waals surface area contributed by atoms with Crippen LogP contribution in [0.4, 0.5) is 10.1 Å². The number of anilines is 1. The lowest BCUT2D eigenvalue weighted by atomic mass is 10.1. The maximum absolute atomic E-state index is 13.2. The molecular formula is C12H14FN3O2. The van der Waals surface area contributed by atoms with Gasteiger partial charge in [0.1, 0.15) is 5.82 Å². The third kappa shape index (κ3) is 2.65. The molecule has 1 aliphatic heterocycles. The van der Waals surface area contributed by atoms with E-state index in [4.69, 9.17) is 5.73 Å². The summed E-state index contributed by atoms with van der Waals surface area (Å²) in [5.41, 5.74) is 5.19. The highest BCUT2D eigenvalue weighted by Crippen LogP contribution is 2.16. The lowest BCUT2D eigenvalue weighted by Crippen LogP contribution is -2.25. The standard InChI is InChI=1S/C12H14FN3O2/c13-10-2-1-8(5-9(10)11(14)17)16-12(18)7-3-4-15-6-7/h1-2,5,7,15H,3-4,6H2,(H2,14,17)(H,16,18). The minimum atomic E-state index is -0.855. The van der Waals surface area contributed by atoms with Gasteiger partial charge in [0, 0.05) is 12.2 Å². The Hall–Kier alpha value is -1.95. The molecule has 6 heteroatoms. The van der Waals surface area contributed by atoms with Crippen LogP contribution in [-0.2, 0) is 4.79 Å². The topological polar surface area (TPSA) is 84.2 Å². The summed E-state index contributed by atoms with van der Waals surface area (Å²) >= 11 is 0. The van der Waals surface area contributed by atoms with Crippen molar-refractivity contribution in [2.75, 3.05) is 18.4 Å². The number of carbonyl (C=O) groups excluding carboxylic acids is 2. The van der Waals surface area contributed by atoms with E-state index >= 15 is 0 Å². The van der Waals surface area contributed by atoms with Crippen molar-refractivity contribution in [1.82, 2.24) is 5.32 Å². The average Bonchev–Trinajstić information content (AvgIpc) is 2.85. The summed E-state index contributed by atoms with van der Waals surface area (Å²) in [7, 11) is 0. The van der Waals surface area contributed by atoms with Crippen molar-refractivity contribution < 1.29 is 14.0 Å². The van der Waals surface area contributed by atoms with Gasteiger partial charge in [-0.25, -0.2) is 4.39 Å². The molecule has 4 N–H and O–H groups in total. The summed E-state index contributed by atoms with van der Waals surface area (Å²) in [6, 6.07) is 3.77. The van der Waals surface area contributed by atoms with Crippen LogP contribution in [0.3, 0.4) is 0 Å². The quantitative estimate of drug-likeness (QED) is 0.730. The molecule has 0 radical (unpaired) electrons. The third-order valence-electron chi connectivity index (χ3n) is 2.93. The van der Waals surface area contributed by atoms with Crippen LogP contribution in [0.25, 0.3) is 0 Å². The van der Waals surface area contributed by atoms with Crippen molar-refractivity contribution in [3.05, 3.63) is 29.6 Å². The molecule has 1 aromatic carbocycles. The van der Waals surface area contributed by atoms with Gasteiger partial charge in [-0.2, -0.15) is 0 Å². The van der Waals surface area contributed by atoms with Gasteiger partial charge in [-0.05, 0) is 31.2 Å². The zero-order chi connectivity index (χ0) is 13.1. The van der Waals surface area contributed by atoms with Crippen LogP contribution in [0.15, 0.2) is 18.2 Å². The fourth-order valence-electron chi connectivity index (χ4n) is 1.91. The van der Waals surface area contributed by atoms with Gasteiger partial charge in [0.2, 0.25) is 5.91 Å². The van der Waals surface area contributed by atoms with Gasteiger partial charge < -0.3 is 16.4 Å². The molecule has 1 unspecified atom stereocenters. The minimum absolute atomic E-state index is 0.0907. The molecule has 0 saturated carbocycles. The summed E-state index contributed by atoms with van der Waals surface area (Å²) in [4.78, 5) is 22.8. The Kier molecular flexibility index (Phi) is 3.57. The first-order valence-electron chi connectivity index (χ1n) is 5.69. The number of halogens is 1. The van der Waals surface area contributed by atoms with Crippen molar-refractivity contribution >= 4 is 17.5 Å². The second-order valence-corrected chi connectivity index (χ2v) is 4.24. The van der Waals surface area contributed by atoms with Crippen LogP contribution in [0.1, 0.15) is 16.8 Å². The Balaban J connectivity index is 2.11. The van der Waals surface area contributed by atoms with E-state index in [0.717, 1.165) is 19.0 Å². The van der Waals surface area contributed by atoms with Crippen LogP contribution in [0, 0.1) is 11.7 Å². The average molecular weight is 251 g/mol. The number of nitrogens with two attached hydrogens (primary N) is 1. The maximum Gasteiger partial charge on any atom is 0.251 e. The molecule has 1 aromatic rings. The van der Waals surface area contributed by atoms with Gasteiger partial charge >= 0.3 is 0 Å². The van der Waals surface area contributed by atoms with E-state index in [9.17, 15) is 14.0 Å². The van der Waals surface area contributed by atoms with Gasteiger partial charge in [-0.3, -0.25) is 9.59 Å². The lowest BCUT2D eigenvalue weighted by Gasteiger charge is -2.10. The van der Waals surface area contributed by atoms with E-state index in [0.29, 0.717) is 12.2 Å². The Morgan fingerprint density at radius 3 is 2.83 bits per heavy atom. The summed E-state index contributed by atoms with van der Waals surface area (Å²) in [5.74, 6) is -1.77. The number of amides is 2. The molecule has 2 rings (SSSR count). The first kappa shape index (κ1) is 12.5. The van der Waals surface area contributed by atoms with Gasteiger partial charge in [0.15, 0.2) is 0 Å². The lowest BCUT2D eigenvalue weighted by molar-refractivity contribution is -0.119. The molecule has 18 heavy (non-hydrogen) atoms. The van der Waals surface area contributed by atoms with Gasteiger partial charge in [0.25, 0.3) is 5.91 Å². The van der Waals surface area contributed by atoms with Crippen LogP contribution < -0.4 is 16.4 Å². The second kappa shape index (κ2) is 5.14. The second-order valence-electron chi connectivity index (χ2n) is 4.24. The highest BCUT2D eigenvalue weighted by Gasteiger charge is 2.22. The van der Waals surface area contributed by atoms with Crippen LogP contribution in [0.2, 0.25) is 0 Å². The highest BCUT2D eigenvalue weighted by molar-refractivity contribution is 5.97. The van der Waals surface area contributed by atoms with E-state index in [1.54, 1.807) is 0 Å². The minimum Gasteiger partial charge on any atom is -0.366 e. The number of nitrogens with one attached hydrogen (secondary N) is 2. The largest absolute Gasteiger partial charge is 0.366 e. The molecule has 1 fully saturated rings. The van der Waals surface area contributed by atoms with Crippen LogP contribution in [0.5, 0.6) is 0 Å². The zero-order valence-corrected chi connectivity index (χ0v) is 9.70. The number of benzene rings is 1. The summed E-state index contributed by atoms with van der Waals surface area (Å²) in [6.07, 6.45) is 0.774. The predicted molar refractivity (Wildman–Crippen MR) is 64.5 cm³/mol. The Morgan fingerprint density at radius 2 is 2.22 bits per heavy atom. The van der Waals surface area contributed by atoms with Gasteiger partial charge in [0.05, 0.1) is 11.5 Å². The predicted octanol–water partition coefficient (Wildman–Crippen LogP) is 0.473. The number of primary amides is 1. The fraction of sp³-hybridized carbons (Fsp3) is 0.333. The summed E-state index contributed by atoms with van der Waals surface area (Å²) < 4.78 is 13.2. The molecule has 96 valence electrons. The summed E-state index contributed by atoms with van der Waals surface area (Å²) in [6.45, 7) is 1.45. The highest BCUT2D eigenvalue weighted by atomic mass is 19.1. The van der Waals surface area contributed by atoms with E-state index in [1.165, 1.54) is 12.1 Å². The van der Waals surface area contributed by atoms with Crippen LogP contribution >= 0.6 is 0 Å². The normalized spacial score (nSPS) is 18.6. The number of carbonyl (C=O) groups is 2. The van der Waals surface area contributed by atoms with Crippen molar-refractivity contribution in [3.8, 4) is 0 Å². The smallest absolute Gasteiger partial charge is 0.251 e. The molecular weight excluding hydrogens is 237 g/mol. The third-order valence-corrected chi connectivity index (χ3v) is 2.93. The molecule has 0 aromatic heterocycles.